The van der Waals surface area contributed by atoms with Gasteiger partial charge in [-0.3, -0.25) is 14.4 Å². The Bertz CT molecular complexity index is 2860. The normalized spacial score (nSPS) is 20.4. The maximum absolute atomic E-state index is 14.0. The van der Waals surface area contributed by atoms with Gasteiger partial charge >= 0.3 is 0 Å². The van der Waals surface area contributed by atoms with Crippen LogP contribution in [0.3, 0.4) is 0 Å². The number of fused-ring (bicyclic) bond motifs is 1. The number of nitrogens with one attached hydrogen (secondary N) is 3. The first-order valence-electron chi connectivity index (χ1n) is 22.6. The molecule has 352 valence electrons. The molecular formula is C49H51ClF4N8O5. The summed E-state index contributed by atoms with van der Waals surface area (Å²) in [5, 5.41) is 17.3. The highest BCUT2D eigenvalue weighted by molar-refractivity contribution is 6.31. The summed E-state index contributed by atoms with van der Waals surface area (Å²) in [6.07, 6.45) is 2.43. The molecule has 2 atom stereocenters. The monoisotopic (exact) mass is 942 g/mol. The van der Waals surface area contributed by atoms with E-state index in [1.807, 2.05) is 68.7 Å². The Balaban J connectivity index is 0.000000172. The SMILES string of the molecule is Cc1ccc(N2C(=O)CCC[C@H]2c2nc3cc(-c4c(C)noc4C)ccc3n2C2CC(F)(F)C2)cc1Cl.Cc1noc(C)c1-c1ccc(NC2CC(F)(F)C2)c(NC(=O)[C@@H]2CCCC(=O)N2)c1. The van der Waals surface area contributed by atoms with Crippen molar-refractivity contribution in [3.05, 3.63) is 93.9 Å². The molecule has 3 aromatic heterocycles. The maximum atomic E-state index is 14.0. The van der Waals surface area contributed by atoms with Crippen molar-refractivity contribution in [3.8, 4) is 22.3 Å². The number of imidazole rings is 1. The summed E-state index contributed by atoms with van der Waals surface area (Å²) in [5.41, 5.74) is 9.01. The Hall–Kier alpha value is -6.23. The fourth-order valence-corrected chi connectivity index (χ4v) is 9.97. The molecule has 4 aliphatic rings. The molecule has 2 aliphatic heterocycles. The number of hydrogen-bond acceptors (Lipinski definition) is 9. The summed E-state index contributed by atoms with van der Waals surface area (Å²) in [7, 11) is 0. The number of amides is 3. The number of aryl methyl sites for hydroxylation is 5. The van der Waals surface area contributed by atoms with Crippen molar-refractivity contribution < 1.29 is 41.0 Å². The lowest BCUT2D eigenvalue weighted by atomic mass is 9.87. The smallest absolute Gasteiger partial charge is 0.252 e. The van der Waals surface area contributed by atoms with Gasteiger partial charge in [0.1, 0.15) is 23.4 Å². The van der Waals surface area contributed by atoms with E-state index in [1.165, 1.54) is 0 Å². The fraction of sp³-hybridized carbons (Fsp3) is 0.429. The molecule has 18 heteroatoms. The third-order valence-electron chi connectivity index (χ3n) is 13.3. The highest BCUT2D eigenvalue weighted by atomic mass is 35.5. The van der Waals surface area contributed by atoms with Crippen LogP contribution in [-0.4, -0.2) is 61.5 Å². The molecule has 10 rings (SSSR count). The van der Waals surface area contributed by atoms with Crippen LogP contribution in [0.2, 0.25) is 5.02 Å². The first-order chi connectivity index (χ1) is 31.8. The highest BCUT2D eigenvalue weighted by Crippen LogP contribution is 2.49. The zero-order valence-corrected chi connectivity index (χ0v) is 38.5. The first kappa shape index (κ1) is 45.9. The van der Waals surface area contributed by atoms with Gasteiger partial charge in [0.2, 0.25) is 17.7 Å². The Morgan fingerprint density at radius 2 is 1.43 bits per heavy atom. The Morgan fingerprint density at radius 1 is 0.791 bits per heavy atom. The molecule has 0 radical (unpaired) electrons. The van der Waals surface area contributed by atoms with E-state index < -0.39 is 17.9 Å². The van der Waals surface area contributed by atoms with Crippen LogP contribution in [0.4, 0.5) is 34.6 Å². The number of carbonyl (C=O) groups is 3. The van der Waals surface area contributed by atoms with Gasteiger partial charge in [-0.2, -0.15) is 0 Å². The van der Waals surface area contributed by atoms with Crippen molar-refractivity contribution in [3.63, 3.8) is 0 Å². The molecule has 2 saturated heterocycles. The number of halogens is 5. The summed E-state index contributed by atoms with van der Waals surface area (Å²) < 4.78 is 67.1. The van der Waals surface area contributed by atoms with Crippen LogP contribution >= 0.6 is 11.6 Å². The number of carbonyl (C=O) groups excluding carboxylic acids is 3. The molecule has 67 heavy (non-hydrogen) atoms. The fourth-order valence-electron chi connectivity index (χ4n) is 9.80. The van der Waals surface area contributed by atoms with Crippen LogP contribution in [0.15, 0.2) is 63.6 Å². The Kier molecular flexibility index (Phi) is 12.2. The van der Waals surface area contributed by atoms with Gasteiger partial charge in [-0.05, 0) is 113 Å². The number of piperidine rings is 2. The van der Waals surface area contributed by atoms with Gasteiger partial charge < -0.3 is 34.5 Å². The standard InChI is InChI=1S/C28H27ClF2N4O2.C21H24F2N4O3/c1-15-7-9-19(12-21(15)29)34-24(5-4-6-25(34)36)27-32-22-11-18(26-16(2)33-37-17(26)3)8-10-23(22)35(27)20-13-28(30,31)14-20;1-11-19(12(2)30-27-11)13-6-7-15(24-14-9-21(22,23)10-14)17(8-13)26-20(29)16-4-3-5-18(28)25-16/h7-12,20,24H,4-6,13-14H2,1-3H3;6-8,14,16,24H,3-5,9-10H2,1-2H3,(H,25,28)(H,26,29)/t24-;16-/m00/s1. The van der Waals surface area contributed by atoms with Crippen LogP contribution in [0, 0.1) is 34.6 Å². The number of rotatable bonds is 9. The van der Waals surface area contributed by atoms with E-state index in [0.717, 1.165) is 39.0 Å². The minimum absolute atomic E-state index is 0.0230. The van der Waals surface area contributed by atoms with E-state index in [9.17, 15) is 31.9 Å². The quantitative estimate of drug-likeness (QED) is 0.120. The van der Waals surface area contributed by atoms with Gasteiger partial charge in [-0.25, -0.2) is 22.5 Å². The highest BCUT2D eigenvalue weighted by Gasteiger charge is 2.49. The average molecular weight is 943 g/mol. The van der Waals surface area contributed by atoms with Crippen LogP contribution in [0.1, 0.15) is 111 Å². The van der Waals surface area contributed by atoms with E-state index in [2.05, 4.69) is 26.3 Å². The zero-order chi connectivity index (χ0) is 47.5. The van der Waals surface area contributed by atoms with Crippen LogP contribution < -0.4 is 20.9 Å². The predicted octanol–water partition coefficient (Wildman–Crippen LogP) is 11.3. The van der Waals surface area contributed by atoms with E-state index in [4.69, 9.17) is 25.6 Å². The van der Waals surface area contributed by atoms with Crippen molar-refractivity contribution in [2.75, 3.05) is 15.5 Å². The molecule has 0 unspecified atom stereocenters. The van der Waals surface area contributed by atoms with Crippen LogP contribution in [0.25, 0.3) is 33.3 Å². The van der Waals surface area contributed by atoms with Crippen LogP contribution in [0.5, 0.6) is 0 Å². The topological polar surface area (TPSA) is 160 Å². The summed E-state index contributed by atoms with van der Waals surface area (Å²) in [4.78, 5) is 44.4. The van der Waals surface area contributed by atoms with Gasteiger partial charge in [-0.1, -0.05) is 40.1 Å². The Labute approximate surface area is 389 Å². The predicted molar refractivity (Wildman–Crippen MR) is 246 cm³/mol. The summed E-state index contributed by atoms with van der Waals surface area (Å²) in [6.45, 7) is 9.28. The van der Waals surface area contributed by atoms with Gasteiger partial charge in [0, 0.05) is 72.4 Å². The largest absolute Gasteiger partial charge is 0.380 e. The molecule has 0 bridgehead atoms. The minimum atomic E-state index is -2.69. The molecule has 3 aromatic carbocycles. The molecule has 2 saturated carbocycles. The summed E-state index contributed by atoms with van der Waals surface area (Å²) in [6, 6.07) is 15.0. The molecule has 4 fully saturated rings. The molecule has 6 aromatic rings. The van der Waals surface area contributed by atoms with Crippen molar-refractivity contribution in [1.29, 1.82) is 0 Å². The second kappa shape index (κ2) is 17.8. The zero-order valence-electron chi connectivity index (χ0n) is 37.7. The van der Waals surface area contributed by atoms with Crippen molar-refractivity contribution in [1.82, 2.24) is 25.2 Å². The summed E-state index contributed by atoms with van der Waals surface area (Å²) >= 11 is 6.42. The number of benzene rings is 3. The number of anilines is 3. The lowest BCUT2D eigenvalue weighted by Gasteiger charge is -2.40. The van der Waals surface area contributed by atoms with Gasteiger partial charge in [0.25, 0.3) is 11.8 Å². The van der Waals surface area contributed by atoms with Gasteiger partial charge in [0.05, 0.1) is 39.8 Å². The molecule has 13 nitrogen and oxygen atoms in total. The third kappa shape index (κ3) is 9.26. The van der Waals surface area contributed by atoms with Crippen molar-refractivity contribution in [2.24, 2.45) is 0 Å². The first-order valence-corrected chi connectivity index (χ1v) is 23.0. The van der Waals surface area contributed by atoms with E-state index in [-0.39, 0.29) is 61.5 Å². The number of hydrogen-bond donors (Lipinski definition) is 3. The molecule has 0 spiro atoms. The molecule has 3 N–H and O–H groups in total. The lowest BCUT2D eigenvalue weighted by Crippen LogP contribution is -2.46. The average Bonchev–Trinajstić information content (AvgIpc) is 3.92. The van der Waals surface area contributed by atoms with E-state index in [1.54, 1.807) is 30.0 Å². The minimum Gasteiger partial charge on any atom is -0.380 e. The van der Waals surface area contributed by atoms with E-state index >= 15 is 0 Å². The van der Waals surface area contributed by atoms with Gasteiger partial charge in [-0.15, -0.1) is 0 Å². The lowest BCUT2D eigenvalue weighted by molar-refractivity contribution is -0.128. The number of alkyl halides is 4. The van der Waals surface area contributed by atoms with E-state index in [0.29, 0.717) is 89.2 Å². The maximum Gasteiger partial charge on any atom is 0.252 e. The third-order valence-corrected chi connectivity index (χ3v) is 13.7. The second-order valence-electron chi connectivity index (χ2n) is 18.3. The second-order valence-corrected chi connectivity index (χ2v) is 18.7. The molecule has 5 heterocycles. The Morgan fingerprint density at radius 3 is 2.04 bits per heavy atom. The number of aromatic nitrogens is 4. The van der Waals surface area contributed by atoms with Crippen molar-refractivity contribution in [2.45, 2.75) is 135 Å². The number of nitrogens with zero attached hydrogens (tertiary/aromatic N) is 5. The van der Waals surface area contributed by atoms with Crippen LogP contribution in [-0.2, 0) is 14.4 Å². The molecular weight excluding hydrogens is 892 g/mol. The molecule has 3 amide bonds. The summed E-state index contributed by atoms with van der Waals surface area (Å²) in [5.74, 6) is -3.87. The molecule has 2 aliphatic carbocycles. The van der Waals surface area contributed by atoms with Gasteiger partial charge in [0.15, 0.2) is 0 Å². The van der Waals surface area contributed by atoms with Crippen molar-refractivity contribution >= 4 is 57.4 Å².